The van der Waals surface area contributed by atoms with Gasteiger partial charge in [-0.15, -0.1) is 0 Å². The second kappa shape index (κ2) is 6.44. The first-order valence-electron chi connectivity index (χ1n) is 9.25. The topological polar surface area (TPSA) is 79.9 Å². The lowest BCUT2D eigenvalue weighted by atomic mass is 9.93. The van der Waals surface area contributed by atoms with Gasteiger partial charge in [0.25, 0.3) is 0 Å². The average Bonchev–Trinajstić information content (AvgIpc) is 2.62. The van der Waals surface area contributed by atoms with E-state index in [2.05, 4.69) is 19.9 Å². The highest BCUT2D eigenvalue weighted by molar-refractivity contribution is 6.00. The highest BCUT2D eigenvalue weighted by atomic mass is 16.5. The predicted octanol–water partition coefficient (Wildman–Crippen LogP) is 5.27. The molecule has 0 radical (unpaired) electrons. The van der Waals surface area contributed by atoms with Gasteiger partial charge in [0.05, 0.1) is 10.9 Å². The van der Waals surface area contributed by atoms with Crippen molar-refractivity contribution < 1.29 is 19.4 Å². The number of para-hydroxylation sites is 1. The number of hydrogen-bond acceptors (Lipinski definition) is 5. The Morgan fingerprint density at radius 1 is 1.18 bits per heavy atom. The molecule has 1 aliphatic heterocycles. The molecule has 5 nitrogen and oxygen atoms in total. The quantitative estimate of drug-likeness (QED) is 0.479. The van der Waals surface area contributed by atoms with E-state index in [1.165, 1.54) is 17.7 Å². The van der Waals surface area contributed by atoms with Gasteiger partial charge in [0.1, 0.15) is 22.5 Å². The summed E-state index contributed by atoms with van der Waals surface area (Å²) in [5.74, 6) is 0.126. The van der Waals surface area contributed by atoms with Crippen LogP contribution in [0.4, 0.5) is 0 Å². The van der Waals surface area contributed by atoms with E-state index >= 15 is 0 Å². The standard InChI is InChI=1S/C23H22O5/c1-13(2)6-5-10-23(3)11-9-14-18(28-23)12-17(25)19-20(26)15-7-4-8-16(24)21(15)27-22(14)19/h4,6-9,11-12,24-25H,5,10H2,1-3H3. The number of allylic oxidation sites excluding steroid dienone is 2. The Labute approximate surface area is 162 Å². The zero-order valence-corrected chi connectivity index (χ0v) is 16.1. The van der Waals surface area contributed by atoms with Crippen molar-refractivity contribution in [3.63, 3.8) is 0 Å². The molecule has 1 atom stereocenters. The Morgan fingerprint density at radius 3 is 2.71 bits per heavy atom. The minimum atomic E-state index is -0.529. The summed E-state index contributed by atoms with van der Waals surface area (Å²) in [5.41, 5.74) is 1.21. The lowest BCUT2D eigenvalue weighted by Crippen LogP contribution is -2.31. The van der Waals surface area contributed by atoms with Crippen molar-refractivity contribution in [3.8, 4) is 17.2 Å². The molecule has 144 valence electrons. The van der Waals surface area contributed by atoms with Crippen molar-refractivity contribution in [1.29, 1.82) is 0 Å². The van der Waals surface area contributed by atoms with E-state index in [0.29, 0.717) is 11.3 Å². The monoisotopic (exact) mass is 378 g/mol. The van der Waals surface area contributed by atoms with Crippen molar-refractivity contribution >= 4 is 28.0 Å². The van der Waals surface area contributed by atoms with E-state index in [4.69, 9.17) is 9.15 Å². The van der Waals surface area contributed by atoms with Crippen LogP contribution in [-0.4, -0.2) is 15.8 Å². The van der Waals surface area contributed by atoms with Gasteiger partial charge in [-0.2, -0.15) is 0 Å². The lowest BCUT2D eigenvalue weighted by Gasteiger charge is -2.31. The normalized spacial score (nSPS) is 18.1. The average molecular weight is 378 g/mol. The third kappa shape index (κ3) is 2.93. The number of phenolic OH excluding ortho intramolecular Hbond substituents is 2. The molecule has 0 saturated carbocycles. The summed E-state index contributed by atoms with van der Waals surface area (Å²) in [6.07, 6.45) is 7.60. The molecule has 3 aromatic rings. The molecule has 5 heteroatoms. The second-order valence-electron chi connectivity index (χ2n) is 7.66. The van der Waals surface area contributed by atoms with E-state index in [1.807, 2.05) is 19.1 Å². The van der Waals surface area contributed by atoms with Crippen molar-refractivity contribution in [2.75, 3.05) is 0 Å². The third-order valence-electron chi connectivity index (χ3n) is 5.07. The first kappa shape index (κ1) is 18.2. The Balaban J connectivity index is 1.89. The number of rotatable bonds is 3. The minimum absolute atomic E-state index is 0.0817. The Bertz CT molecular complexity index is 1210. The molecule has 1 unspecified atom stereocenters. The predicted molar refractivity (Wildman–Crippen MR) is 110 cm³/mol. The molecule has 0 saturated heterocycles. The van der Waals surface area contributed by atoms with Crippen LogP contribution in [0.3, 0.4) is 0 Å². The van der Waals surface area contributed by atoms with Crippen LogP contribution in [0.15, 0.2) is 51.2 Å². The van der Waals surface area contributed by atoms with Gasteiger partial charge in [0.15, 0.2) is 16.9 Å². The van der Waals surface area contributed by atoms with Crippen molar-refractivity contribution in [3.05, 3.63) is 57.8 Å². The summed E-state index contributed by atoms with van der Waals surface area (Å²) in [4.78, 5) is 12.9. The van der Waals surface area contributed by atoms with E-state index in [0.717, 1.165) is 12.8 Å². The number of fused-ring (bicyclic) bond motifs is 4. The molecule has 0 amide bonds. The van der Waals surface area contributed by atoms with Gasteiger partial charge >= 0.3 is 0 Å². The summed E-state index contributed by atoms with van der Waals surface area (Å²) in [7, 11) is 0. The first-order valence-corrected chi connectivity index (χ1v) is 9.25. The summed E-state index contributed by atoms with van der Waals surface area (Å²) in [5, 5.41) is 20.9. The van der Waals surface area contributed by atoms with Crippen LogP contribution in [-0.2, 0) is 0 Å². The van der Waals surface area contributed by atoms with Crippen LogP contribution in [0.2, 0.25) is 0 Å². The Hall–Kier alpha value is -3.21. The number of phenols is 2. The van der Waals surface area contributed by atoms with E-state index < -0.39 is 11.0 Å². The van der Waals surface area contributed by atoms with E-state index in [9.17, 15) is 15.0 Å². The Kier molecular flexibility index (Phi) is 4.18. The lowest BCUT2D eigenvalue weighted by molar-refractivity contribution is 0.128. The van der Waals surface area contributed by atoms with Gasteiger partial charge < -0.3 is 19.4 Å². The highest BCUT2D eigenvalue weighted by Gasteiger charge is 2.30. The maximum atomic E-state index is 12.9. The number of aromatic hydroxyl groups is 2. The number of ether oxygens (including phenoxy) is 1. The molecule has 1 aromatic heterocycles. The first-order chi connectivity index (χ1) is 13.3. The highest BCUT2D eigenvalue weighted by Crippen LogP contribution is 2.42. The molecule has 28 heavy (non-hydrogen) atoms. The van der Waals surface area contributed by atoms with Crippen LogP contribution < -0.4 is 10.2 Å². The van der Waals surface area contributed by atoms with Gasteiger partial charge in [-0.3, -0.25) is 4.79 Å². The Morgan fingerprint density at radius 2 is 1.96 bits per heavy atom. The molecule has 0 fully saturated rings. The largest absolute Gasteiger partial charge is 0.507 e. The molecule has 4 rings (SSSR count). The molecule has 1 aliphatic rings. The summed E-state index contributed by atoms with van der Waals surface area (Å²) < 4.78 is 12.0. The molecular weight excluding hydrogens is 356 g/mol. The van der Waals surface area contributed by atoms with Crippen LogP contribution in [0.1, 0.15) is 39.2 Å². The summed E-state index contributed by atoms with van der Waals surface area (Å²) in [6, 6.07) is 6.05. The summed E-state index contributed by atoms with van der Waals surface area (Å²) >= 11 is 0. The van der Waals surface area contributed by atoms with E-state index in [-0.39, 0.29) is 33.4 Å². The van der Waals surface area contributed by atoms with Crippen molar-refractivity contribution in [2.45, 2.75) is 39.2 Å². The molecule has 2 heterocycles. The second-order valence-corrected chi connectivity index (χ2v) is 7.66. The molecule has 2 aromatic carbocycles. The maximum absolute atomic E-state index is 12.9. The zero-order chi connectivity index (χ0) is 20.1. The number of benzene rings is 2. The molecule has 2 N–H and O–H groups in total. The van der Waals surface area contributed by atoms with Gasteiger partial charge in [-0.05, 0) is 57.9 Å². The smallest absolute Gasteiger partial charge is 0.204 e. The van der Waals surface area contributed by atoms with Crippen LogP contribution in [0.5, 0.6) is 17.2 Å². The fourth-order valence-electron chi connectivity index (χ4n) is 3.58. The van der Waals surface area contributed by atoms with Crippen LogP contribution in [0, 0.1) is 0 Å². The fourth-order valence-corrected chi connectivity index (χ4v) is 3.58. The van der Waals surface area contributed by atoms with Gasteiger partial charge in [0, 0.05) is 6.07 Å². The van der Waals surface area contributed by atoms with Crippen molar-refractivity contribution in [2.24, 2.45) is 0 Å². The van der Waals surface area contributed by atoms with Crippen LogP contribution in [0.25, 0.3) is 28.0 Å². The molecule has 0 spiro atoms. The minimum Gasteiger partial charge on any atom is -0.507 e. The molecule has 0 bridgehead atoms. The maximum Gasteiger partial charge on any atom is 0.204 e. The summed E-state index contributed by atoms with van der Waals surface area (Å²) in [6.45, 7) is 6.09. The van der Waals surface area contributed by atoms with Crippen LogP contribution >= 0.6 is 0 Å². The van der Waals surface area contributed by atoms with Crippen molar-refractivity contribution in [1.82, 2.24) is 0 Å². The molecule has 0 aliphatic carbocycles. The number of hydrogen-bond donors (Lipinski definition) is 2. The fraction of sp³-hybridized carbons (Fsp3) is 0.261. The van der Waals surface area contributed by atoms with Gasteiger partial charge in [-0.25, -0.2) is 0 Å². The SMILES string of the molecule is CC(C)=CCCC1(C)C=Cc2c(cc(O)c3c(=O)c4cccc(O)c4oc23)O1. The van der Waals surface area contributed by atoms with Gasteiger partial charge in [-0.1, -0.05) is 17.7 Å². The van der Waals surface area contributed by atoms with E-state index in [1.54, 1.807) is 12.1 Å². The van der Waals surface area contributed by atoms with Gasteiger partial charge in [0.2, 0.25) is 5.43 Å². The zero-order valence-electron chi connectivity index (χ0n) is 16.1. The third-order valence-corrected chi connectivity index (χ3v) is 5.07. The molecular formula is C23H22O5.